The standard InChI is InChI=1S/C17H21F3O/c1-5-7-14(8-6-9-17(18,19)20)16-12(2)10-15(21-4)11-13(16)3/h6-8,10-11H,5,9H2,1-4H3/b8-6-,14-7+. The number of hydrogen-bond donors (Lipinski definition) is 0. The first kappa shape index (κ1) is 17.3. The zero-order valence-electron chi connectivity index (χ0n) is 12.8. The van der Waals surface area contributed by atoms with Crippen LogP contribution in [0.1, 0.15) is 36.5 Å². The normalized spacial score (nSPS) is 13.0. The third kappa shape index (κ3) is 5.29. The van der Waals surface area contributed by atoms with Gasteiger partial charge in [0, 0.05) is 0 Å². The van der Waals surface area contributed by atoms with Crippen molar-refractivity contribution in [3.8, 4) is 5.75 Å². The molecule has 0 bridgehead atoms. The Bertz CT molecular complexity index is 516. The molecule has 0 unspecified atom stereocenters. The van der Waals surface area contributed by atoms with Crippen LogP contribution in [0.25, 0.3) is 5.57 Å². The van der Waals surface area contributed by atoms with E-state index < -0.39 is 12.6 Å². The molecule has 4 heteroatoms. The average molecular weight is 298 g/mol. The van der Waals surface area contributed by atoms with Crippen LogP contribution in [0.4, 0.5) is 13.2 Å². The second-order valence-corrected chi connectivity index (χ2v) is 4.93. The molecule has 0 saturated heterocycles. The quantitative estimate of drug-likeness (QED) is 0.642. The van der Waals surface area contributed by atoms with E-state index in [2.05, 4.69) is 0 Å². The molecule has 0 radical (unpaired) electrons. The highest BCUT2D eigenvalue weighted by Crippen LogP contribution is 2.29. The van der Waals surface area contributed by atoms with Crippen molar-refractivity contribution in [1.82, 2.24) is 0 Å². The lowest BCUT2D eigenvalue weighted by Gasteiger charge is -2.13. The fourth-order valence-electron chi connectivity index (χ4n) is 2.29. The van der Waals surface area contributed by atoms with Crippen molar-refractivity contribution in [2.24, 2.45) is 0 Å². The molecule has 0 saturated carbocycles. The van der Waals surface area contributed by atoms with Crippen LogP contribution in [0, 0.1) is 13.8 Å². The second kappa shape index (κ2) is 7.34. The zero-order valence-corrected chi connectivity index (χ0v) is 12.8. The minimum atomic E-state index is -4.17. The van der Waals surface area contributed by atoms with Gasteiger partial charge < -0.3 is 4.74 Å². The fraction of sp³-hybridized carbons (Fsp3) is 0.412. The molecule has 1 aromatic carbocycles. The Balaban J connectivity index is 3.16. The molecule has 0 spiro atoms. The van der Waals surface area contributed by atoms with E-state index in [1.807, 2.05) is 39.0 Å². The van der Waals surface area contributed by atoms with Crippen molar-refractivity contribution in [1.29, 1.82) is 0 Å². The van der Waals surface area contributed by atoms with Crippen molar-refractivity contribution >= 4 is 5.57 Å². The molecule has 21 heavy (non-hydrogen) atoms. The van der Waals surface area contributed by atoms with Gasteiger partial charge in [-0.25, -0.2) is 0 Å². The Labute approximate surface area is 124 Å². The number of aryl methyl sites for hydroxylation is 2. The number of methoxy groups -OCH3 is 1. The van der Waals surface area contributed by atoms with Crippen molar-refractivity contribution < 1.29 is 17.9 Å². The number of benzene rings is 1. The summed E-state index contributed by atoms with van der Waals surface area (Å²) in [6.07, 6.45) is 0.342. The van der Waals surface area contributed by atoms with E-state index in [1.165, 1.54) is 6.08 Å². The smallest absolute Gasteiger partial charge is 0.392 e. The van der Waals surface area contributed by atoms with Crippen LogP contribution in [0.3, 0.4) is 0 Å². The molecule has 0 aromatic heterocycles. The number of allylic oxidation sites excluding steroid dienone is 4. The topological polar surface area (TPSA) is 9.23 Å². The van der Waals surface area contributed by atoms with Crippen LogP contribution >= 0.6 is 0 Å². The summed E-state index contributed by atoms with van der Waals surface area (Å²) in [7, 11) is 1.60. The molecule has 0 aliphatic heterocycles. The lowest BCUT2D eigenvalue weighted by Crippen LogP contribution is -2.04. The first-order chi connectivity index (χ1) is 9.78. The van der Waals surface area contributed by atoms with E-state index in [1.54, 1.807) is 13.2 Å². The molecule has 0 atom stereocenters. The third-order valence-electron chi connectivity index (χ3n) is 3.10. The average Bonchev–Trinajstić information content (AvgIpc) is 2.36. The summed E-state index contributed by atoms with van der Waals surface area (Å²) in [6, 6.07) is 3.78. The minimum Gasteiger partial charge on any atom is -0.497 e. The van der Waals surface area contributed by atoms with Gasteiger partial charge in [-0.05, 0) is 54.7 Å². The molecule has 0 aliphatic carbocycles. The first-order valence-corrected chi connectivity index (χ1v) is 6.87. The van der Waals surface area contributed by atoms with Gasteiger partial charge in [0.05, 0.1) is 13.5 Å². The van der Waals surface area contributed by atoms with Gasteiger partial charge in [0.1, 0.15) is 5.75 Å². The van der Waals surface area contributed by atoms with Crippen LogP contribution in [0.2, 0.25) is 0 Å². The van der Waals surface area contributed by atoms with Gasteiger partial charge in [-0.2, -0.15) is 13.2 Å². The van der Waals surface area contributed by atoms with E-state index in [9.17, 15) is 13.2 Å². The number of hydrogen-bond acceptors (Lipinski definition) is 1. The molecule has 116 valence electrons. The fourth-order valence-corrected chi connectivity index (χ4v) is 2.29. The summed E-state index contributed by atoms with van der Waals surface area (Å²) in [4.78, 5) is 0. The second-order valence-electron chi connectivity index (χ2n) is 4.93. The van der Waals surface area contributed by atoms with Crippen molar-refractivity contribution in [3.63, 3.8) is 0 Å². The molecule has 0 aliphatic rings. The Hall–Kier alpha value is -1.71. The number of halogens is 3. The third-order valence-corrected chi connectivity index (χ3v) is 3.10. The molecule has 1 rings (SSSR count). The lowest BCUT2D eigenvalue weighted by atomic mass is 9.94. The van der Waals surface area contributed by atoms with Crippen LogP contribution in [0.15, 0.2) is 30.4 Å². The number of ether oxygens (including phenoxy) is 1. The highest BCUT2D eigenvalue weighted by molar-refractivity contribution is 5.78. The highest BCUT2D eigenvalue weighted by atomic mass is 19.4. The summed E-state index contributed by atoms with van der Waals surface area (Å²) >= 11 is 0. The largest absolute Gasteiger partial charge is 0.497 e. The lowest BCUT2D eigenvalue weighted by molar-refractivity contribution is -0.125. The summed E-state index contributed by atoms with van der Waals surface area (Å²) in [5, 5.41) is 0. The van der Waals surface area contributed by atoms with Crippen molar-refractivity contribution in [2.45, 2.75) is 39.8 Å². The number of rotatable bonds is 5. The van der Waals surface area contributed by atoms with Gasteiger partial charge in [0.15, 0.2) is 0 Å². The maximum atomic E-state index is 12.3. The molecule has 1 aromatic rings. The molecular formula is C17H21F3O. The molecule has 0 amide bonds. The first-order valence-electron chi connectivity index (χ1n) is 6.87. The maximum Gasteiger partial charge on any atom is 0.392 e. The van der Waals surface area contributed by atoms with Gasteiger partial charge in [0.2, 0.25) is 0 Å². The van der Waals surface area contributed by atoms with E-state index >= 15 is 0 Å². The monoisotopic (exact) mass is 298 g/mol. The van der Waals surface area contributed by atoms with Crippen LogP contribution < -0.4 is 4.74 Å². The molecule has 0 fully saturated rings. The van der Waals surface area contributed by atoms with Gasteiger partial charge >= 0.3 is 6.18 Å². The summed E-state index contributed by atoms with van der Waals surface area (Å²) < 4.78 is 42.0. The van der Waals surface area contributed by atoms with E-state index in [0.29, 0.717) is 0 Å². The minimum absolute atomic E-state index is 0.754. The predicted molar refractivity (Wildman–Crippen MR) is 80.5 cm³/mol. The van der Waals surface area contributed by atoms with Gasteiger partial charge in [-0.1, -0.05) is 25.2 Å². The molecule has 0 heterocycles. The maximum absolute atomic E-state index is 12.3. The zero-order chi connectivity index (χ0) is 16.0. The Morgan fingerprint density at radius 1 is 1.19 bits per heavy atom. The van der Waals surface area contributed by atoms with Gasteiger partial charge in [-0.3, -0.25) is 0 Å². The molecular weight excluding hydrogens is 277 g/mol. The van der Waals surface area contributed by atoms with Crippen molar-refractivity contribution in [3.05, 3.63) is 47.1 Å². The van der Waals surface area contributed by atoms with Gasteiger partial charge in [0.25, 0.3) is 0 Å². The summed E-state index contributed by atoms with van der Waals surface area (Å²) in [5.74, 6) is 0.754. The summed E-state index contributed by atoms with van der Waals surface area (Å²) in [6.45, 7) is 5.84. The van der Waals surface area contributed by atoms with Crippen LogP contribution in [-0.2, 0) is 0 Å². The van der Waals surface area contributed by atoms with E-state index in [4.69, 9.17) is 4.74 Å². The summed E-state index contributed by atoms with van der Waals surface area (Å²) in [5.41, 5.74) is 3.77. The van der Waals surface area contributed by atoms with Crippen molar-refractivity contribution in [2.75, 3.05) is 7.11 Å². The highest BCUT2D eigenvalue weighted by Gasteiger charge is 2.24. The predicted octanol–water partition coefficient (Wildman–Crippen LogP) is 5.61. The molecule has 1 nitrogen and oxygen atoms in total. The van der Waals surface area contributed by atoms with Crippen LogP contribution in [0.5, 0.6) is 5.75 Å². The van der Waals surface area contributed by atoms with E-state index in [0.717, 1.165) is 34.4 Å². The SMILES string of the molecule is CC/C=C(\C=C/CC(F)(F)F)c1c(C)cc(OC)cc1C. The van der Waals surface area contributed by atoms with Gasteiger partial charge in [-0.15, -0.1) is 0 Å². The molecule has 0 N–H and O–H groups in total. The number of alkyl halides is 3. The van der Waals surface area contributed by atoms with E-state index in [-0.39, 0.29) is 0 Å². The Morgan fingerprint density at radius 3 is 2.19 bits per heavy atom. The Kier molecular flexibility index (Phi) is 6.06. The van der Waals surface area contributed by atoms with Crippen LogP contribution in [-0.4, -0.2) is 13.3 Å². The Morgan fingerprint density at radius 2 is 1.76 bits per heavy atom.